The van der Waals surface area contributed by atoms with Crippen molar-refractivity contribution in [2.75, 3.05) is 0 Å². The van der Waals surface area contributed by atoms with Gasteiger partial charge in [-0.1, -0.05) is 26.7 Å². The van der Waals surface area contributed by atoms with Crippen LogP contribution in [0.25, 0.3) is 0 Å². The average Bonchev–Trinajstić information content (AvgIpc) is 3.01. The third kappa shape index (κ3) is 8.54. The molecule has 0 N–H and O–H groups in total. The molecule has 0 aromatic rings. The van der Waals surface area contributed by atoms with Crippen LogP contribution < -0.4 is 0 Å². The Morgan fingerprint density at radius 2 is 1.76 bits per heavy atom. The predicted octanol–water partition coefficient (Wildman–Crippen LogP) is 5.70. The molecular formula is C20H28Ti. The Hall–Kier alpha value is -0.456. The number of hydrogen-bond acceptors (Lipinski definition) is 0. The fourth-order valence-corrected chi connectivity index (χ4v) is 2.89. The minimum absolute atomic E-state index is 0.556. The molecule has 1 atom stereocenters. The first-order valence-corrected chi connectivity index (χ1v) is 8.84. The molecule has 0 aromatic carbocycles. The van der Waals surface area contributed by atoms with Crippen molar-refractivity contribution < 1.29 is 20.0 Å². The van der Waals surface area contributed by atoms with Crippen molar-refractivity contribution in [1.82, 2.24) is 0 Å². The normalized spacial score (nSPS) is 23.4. The van der Waals surface area contributed by atoms with E-state index in [1.807, 2.05) is 0 Å². The van der Waals surface area contributed by atoms with Crippen molar-refractivity contribution in [3.8, 4) is 0 Å². The van der Waals surface area contributed by atoms with Gasteiger partial charge in [-0.15, -0.1) is 13.3 Å². The van der Waals surface area contributed by atoms with Gasteiger partial charge in [0.05, 0.1) is 0 Å². The predicted molar refractivity (Wildman–Crippen MR) is 89.6 cm³/mol. The molecule has 0 aliphatic heterocycles. The molecule has 0 aromatic heterocycles. The van der Waals surface area contributed by atoms with Crippen LogP contribution in [0, 0.1) is 18.1 Å². The van der Waals surface area contributed by atoms with Crippen LogP contribution in [0.15, 0.2) is 34.9 Å². The van der Waals surface area contributed by atoms with Crippen LogP contribution in [-0.2, 0) is 20.0 Å². The Balaban J connectivity index is 0.000000157. The van der Waals surface area contributed by atoms with E-state index in [-0.39, 0.29) is 0 Å². The molecule has 0 bridgehead atoms. The van der Waals surface area contributed by atoms with E-state index in [1.165, 1.54) is 48.8 Å². The topological polar surface area (TPSA) is 0 Å². The Labute approximate surface area is 143 Å². The summed E-state index contributed by atoms with van der Waals surface area (Å²) in [7, 11) is 0. The number of rotatable bonds is 0. The van der Waals surface area contributed by atoms with Gasteiger partial charge in [0.1, 0.15) is 0 Å². The Bertz CT molecular complexity index is 452. The fourth-order valence-electron chi connectivity index (χ4n) is 2.34. The molecule has 0 heterocycles. The van der Waals surface area contributed by atoms with Crippen LogP contribution in [0.2, 0.25) is 0 Å². The van der Waals surface area contributed by atoms with Crippen molar-refractivity contribution in [3.63, 3.8) is 0 Å². The summed E-state index contributed by atoms with van der Waals surface area (Å²) in [5, 5.41) is 0. The SMILES string of the molecule is CC1=C(C)C[C-]=C1.CC1=[C-]C(C)C=C1.[Ti+2]=[C]1CCCCC1. The molecule has 3 aliphatic rings. The van der Waals surface area contributed by atoms with Crippen molar-refractivity contribution >= 4 is 3.81 Å². The fraction of sp³-hybridized carbons (Fsp3) is 0.550. The van der Waals surface area contributed by atoms with Gasteiger partial charge in [0.2, 0.25) is 0 Å². The van der Waals surface area contributed by atoms with Crippen molar-refractivity contribution in [2.45, 2.75) is 66.2 Å². The summed E-state index contributed by atoms with van der Waals surface area (Å²) >= 11 is 2.28. The summed E-state index contributed by atoms with van der Waals surface area (Å²) in [6, 6.07) is 0. The van der Waals surface area contributed by atoms with Gasteiger partial charge in [-0.3, -0.25) is 12.2 Å². The van der Waals surface area contributed by atoms with Gasteiger partial charge in [-0.2, -0.15) is 11.6 Å². The van der Waals surface area contributed by atoms with Gasteiger partial charge in [-0.25, -0.2) is 23.3 Å². The van der Waals surface area contributed by atoms with Gasteiger partial charge in [-0.05, 0) is 0 Å². The monoisotopic (exact) mass is 316 g/mol. The molecular weight excluding hydrogens is 288 g/mol. The third-order valence-corrected chi connectivity index (χ3v) is 4.69. The zero-order valence-corrected chi connectivity index (χ0v) is 15.6. The van der Waals surface area contributed by atoms with E-state index in [0.29, 0.717) is 5.92 Å². The third-order valence-electron chi connectivity index (χ3n) is 3.91. The molecule has 3 rings (SSSR count). The summed E-state index contributed by atoms with van der Waals surface area (Å²) in [5.41, 5.74) is 4.12. The minimum atomic E-state index is 0.556. The van der Waals surface area contributed by atoms with E-state index in [1.54, 1.807) is 3.81 Å². The zero-order valence-electron chi connectivity index (χ0n) is 14.1. The summed E-state index contributed by atoms with van der Waals surface area (Å²) in [4.78, 5) is 0. The van der Waals surface area contributed by atoms with Crippen LogP contribution in [0.3, 0.4) is 0 Å². The summed E-state index contributed by atoms with van der Waals surface area (Å²) in [5.74, 6) is 0.556. The van der Waals surface area contributed by atoms with Crippen molar-refractivity contribution in [2.24, 2.45) is 5.92 Å². The van der Waals surface area contributed by atoms with Crippen LogP contribution >= 0.6 is 0 Å². The van der Waals surface area contributed by atoms with Crippen LogP contribution in [0.5, 0.6) is 0 Å². The van der Waals surface area contributed by atoms with E-state index in [0.717, 1.165) is 6.42 Å². The van der Waals surface area contributed by atoms with E-state index < -0.39 is 0 Å². The van der Waals surface area contributed by atoms with Crippen LogP contribution in [0.1, 0.15) is 66.2 Å². The molecule has 0 saturated heterocycles. The second-order valence-electron chi connectivity index (χ2n) is 6.13. The Morgan fingerprint density at radius 3 is 1.95 bits per heavy atom. The molecule has 1 saturated carbocycles. The standard InChI is InChI=1S/2C7H9.C6H10.Ti/c1-6-3-4-7(2)5-6;1-6-4-3-5-7(6)2;1-2-4-6-5-3-1;/h3-4,6H,1-2H3;4H,5H2,1-2H3;1-5H2;/q2*-1;;+2. The Kier molecular flexibility index (Phi) is 9.12. The second kappa shape index (κ2) is 10.3. The van der Waals surface area contributed by atoms with Gasteiger partial charge >= 0.3 is 55.9 Å². The number of hydrogen-bond donors (Lipinski definition) is 0. The Morgan fingerprint density at radius 1 is 1.10 bits per heavy atom. The van der Waals surface area contributed by atoms with Gasteiger partial charge in [0.25, 0.3) is 0 Å². The van der Waals surface area contributed by atoms with Crippen LogP contribution in [-0.4, -0.2) is 3.81 Å². The van der Waals surface area contributed by atoms with Gasteiger partial charge in [0.15, 0.2) is 0 Å². The molecule has 1 heteroatoms. The summed E-state index contributed by atoms with van der Waals surface area (Å²) in [6.45, 7) is 8.47. The maximum absolute atomic E-state index is 3.22. The van der Waals surface area contributed by atoms with E-state index in [9.17, 15) is 0 Å². The quantitative estimate of drug-likeness (QED) is 0.397. The van der Waals surface area contributed by atoms with E-state index in [4.69, 9.17) is 0 Å². The molecule has 0 amide bonds. The first kappa shape index (κ1) is 18.6. The molecule has 21 heavy (non-hydrogen) atoms. The molecule has 112 valence electrons. The molecule has 1 unspecified atom stereocenters. The maximum atomic E-state index is 3.22. The molecule has 0 nitrogen and oxygen atoms in total. The molecule has 0 radical (unpaired) electrons. The first-order valence-electron chi connectivity index (χ1n) is 8.06. The van der Waals surface area contributed by atoms with E-state index in [2.05, 4.69) is 78.0 Å². The molecule has 1 fully saturated rings. The summed E-state index contributed by atoms with van der Waals surface area (Å²) in [6.07, 6.45) is 20.9. The van der Waals surface area contributed by atoms with E-state index >= 15 is 0 Å². The summed E-state index contributed by atoms with van der Waals surface area (Å²) < 4.78 is 1.71. The average molecular weight is 316 g/mol. The molecule has 0 spiro atoms. The molecule has 3 aliphatic carbocycles. The van der Waals surface area contributed by atoms with Gasteiger partial charge in [0, 0.05) is 0 Å². The zero-order chi connectivity index (χ0) is 15.7. The van der Waals surface area contributed by atoms with Crippen LogP contribution in [0.4, 0.5) is 0 Å². The number of allylic oxidation sites excluding steroid dienone is 8. The first-order chi connectivity index (χ1) is 9.99. The second-order valence-corrected chi connectivity index (χ2v) is 7.23. The van der Waals surface area contributed by atoms with Crippen molar-refractivity contribution in [1.29, 1.82) is 0 Å². The van der Waals surface area contributed by atoms with Crippen molar-refractivity contribution in [3.05, 3.63) is 47.1 Å². The van der Waals surface area contributed by atoms with Gasteiger partial charge < -0.3 is 0 Å².